The Morgan fingerprint density at radius 3 is 1.85 bits per heavy atom. The Bertz CT molecular complexity index is 665. The van der Waals surface area contributed by atoms with E-state index in [2.05, 4.69) is 60.1 Å². The van der Waals surface area contributed by atoms with Crippen molar-refractivity contribution in [2.45, 2.75) is 6.42 Å². The molecule has 0 amide bonds. The van der Waals surface area contributed by atoms with Crippen LogP contribution in [0.5, 0.6) is 0 Å². The summed E-state index contributed by atoms with van der Waals surface area (Å²) >= 11 is 0. The highest BCUT2D eigenvalue weighted by atomic mass is 14.7. The molecule has 1 heterocycles. The first-order valence-corrected chi connectivity index (χ1v) is 6.80. The standard InChI is InChI=1S/C13H10.C6H7N/c1-3-7-12-10(5-1)9-11-6-2-4-8-13(11)12;1-2-6-4-3-5-7-6/h1-8H,9H2;2-5,7H,1H2. The molecular weight excluding hydrogens is 242 g/mol. The molecule has 3 aromatic rings. The lowest BCUT2D eigenvalue weighted by atomic mass is 10.1. The number of nitrogens with one attached hydrogen (secondary N) is 1. The third kappa shape index (κ3) is 2.43. The van der Waals surface area contributed by atoms with Crippen molar-refractivity contribution in [3.63, 3.8) is 0 Å². The Hall–Kier alpha value is -2.54. The predicted molar refractivity (Wildman–Crippen MR) is 85.6 cm³/mol. The molecule has 4 rings (SSSR count). The predicted octanol–water partition coefficient (Wildman–Crippen LogP) is 4.92. The van der Waals surface area contributed by atoms with Crippen molar-refractivity contribution >= 4 is 6.08 Å². The van der Waals surface area contributed by atoms with E-state index in [9.17, 15) is 0 Å². The summed E-state index contributed by atoms with van der Waals surface area (Å²) in [5, 5.41) is 0. The number of aromatic nitrogens is 1. The highest BCUT2D eigenvalue weighted by Gasteiger charge is 2.15. The average molecular weight is 259 g/mol. The van der Waals surface area contributed by atoms with E-state index in [1.54, 1.807) is 6.08 Å². The molecule has 20 heavy (non-hydrogen) atoms. The monoisotopic (exact) mass is 259 g/mol. The fourth-order valence-corrected chi connectivity index (χ4v) is 2.55. The Morgan fingerprint density at radius 2 is 1.40 bits per heavy atom. The number of benzene rings is 2. The van der Waals surface area contributed by atoms with Crippen LogP contribution in [0.25, 0.3) is 17.2 Å². The molecule has 98 valence electrons. The van der Waals surface area contributed by atoms with Crippen molar-refractivity contribution in [1.82, 2.24) is 4.98 Å². The van der Waals surface area contributed by atoms with Gasteiger partial charge in [0.15, 0.2) is 0 Å². The smallest absolute Gasteiger partial charge is 0.0374 e. The van der Waals surface area contributed by atoms with E-state index in [0.29, 0.717) is 0 Å². The molecule has 0 aliphatic heterocycles. The summed E-state index contributed by atoms with van der Waals surface area (Å²) in [5.41, 5.74) is 6.82. The second kappa shape index (κ2) is 5.62. The summed E-state index contributed by atoms with van der Waals surface area (Å²) in [6.07, 6.45) is 4.75. The van der Waals surface area contributed by atoms with E-state index < -0.39 is 0 Å². The molecule has 0 atom stereocenters. The van der Waals surface area contributed by atoms with Crippen molar-refractivity contribution < 1.29 is 0 Å². The van der Waals surface area contributed by atoms with Crippen molar-refractivity contribution in [3.8, 4) is 11.1 Å². The summed E-state index contributed by atoms with van der Waals surface area (Å²) in [6.45, 7) is 3.57. The molecule has 0 spiro atoms. The van der Waals surface area contributed by atoms with Gasteiger partial charge >= 0.3 is 0 Å². The highest BCUT2D eigenvalue weighted by molar-refractivity contribution is 5.76. The summed E-state index contributed by atoms with van der Waals surface area (Å²) in [5.74, 6) is 0. The highest BCUT2D eigenvalue weighted by Crippen LogP contribution is 2.35. The first-order valence-electron chi connectivity index (χ1n) is 6.80. The van der Waals surface area contributed by atoms with Gasteiger partial charge in [-0.25, -0.2) is 0 Å². The van der Waals surface area contributed by atoms with Gasteiger partial charge in [-0.05, 0) is 46.9 Å². The molecule has 0 saturated heterocycles. The van der Waals surface area contributed by atoms with E-state index in [-0.39, 0.29) is 0 Å². The van der Waals surface area contributed by atoms with Crippen molar-refractivity contribution in [2.75, 3.05) is 0 Å². The average Bonchev–Trinajstić information content (AvgIpc) is 3.15. The van der Waals surface area contributed by atoms with E-state index >= 15 is 0 Å². The number of hydrogen-bond acceptors (Lipinski definition) is 0. The van der Waals surface area contributed by atoms with Crippen LogP contribution in [-0.2, 0) is 6.42 Å². The third-order valence-corrected chi connectivity index (χ3v) is 3.55. The van der Waals surface area contributed by atoms with E-state index in [1.807, 2.05) is 18.3 Å². The maximum Gasteiger partial charge on any atom is 0.0374 e. The van der Waals surface area contributed by atoms with Crippen LogP contribution in [0.1, 0.15) is 16.8 Å². The lowest BCUT2D eigenvalue weighted by Crippen LogP contribution is -1.77. The Kier molecular flexibility index (Phi) is 3.51. The molecule has 0 saturated carbocycles. The molecule has 0 unspecified atom stereocenters. The number of rotatable bonds is 1. The fourth-order valence-electron chi connectivity index (χ4n) is 2.55. The van der Waals surface area contributed by atoms with Gasteiger partial charge in [-0.1, -0.05) is 55.1 Å². The van der Waals surface area contributed by atoms with Crippen LogP contribution >= 0.6 is 0 Å². The summed E-state index contributed by atoms with van der Waals surface area (Å²) < 4.78 is 0. The third-order valence-electron chi connectivity index (χ3n) is 3.55. The largest absolute Gasteiger partial charge is 0.362 e. The molecule has 1 nitrogen and oxygen atoms in total. The van der Waals surface area contributed by atoms with Crippen molar-refractivity contribution in [3.05, 3.63) is 90.3 Å². The molecule has 0 fully saturated rings. The van der Waals surface area contributed by atoms with Crippen LogP contribution in [0.2, 0.25) is 0 Å². The first kappa shape index (κ1) is 12.5. The molecule has 1 aromatic heterocycles. The minimum Gasteiger partial charge on any atom is -0.362 e. The Balaban J connectivity index is 0.000000147. The number of fused-ring (bicyclic) bond motifs is 3. The van der Waals surface area contributed by atoms with Crippen LogP contribution in [0.3, 0.4) is 0 Å². The maximum absolute atomic E-state index is 3.57. The zero-order valence-electron chi connectivity index (χ0n) is 11.3. The van der Waals surface area contributed by atoms with Crippen molar-refractivity contribution in [1.29, 1.82) is 0 Å². The number of aromatic amines is 1. The van der Waals surface area contributed by atoms with Gasteiger partial charge in [-0.2, -0.15) is 0 Å². The molecule has 1 aliphatic carbocycles. The SMILES string of the molecule is C=Cc1ccc[nH]1.c1ccc2c(c1)Cc1ccccc1-2. The number of H-pyrrole nitrogens is 1. The van der Waals surface area contributed by atoms with Gasteiger partial charge in [-0.3, -0.25) is 0 Å². The zero-order chi connectivity index (χ0) is 13.8. The van der Waals surface area contributed by atoms with Gasteiger partial charge in [-0.15, -0.1) is 0 Å². The topological polar surface area (TPSA) is 15.8 Å². The molecule has 0 radical (unpaired) electrons. The van der Waals surface area contributed by atoms with E-state index in [0.717, 1.165) is 12.1 Å². The lowest BCUT2D eigenvalue weighted by Gasteiger charge is -1.98. The molecule has 1 N–H and O–H groups in total. The van der Waals surface area contributed by atoms with Gasteiger partial charge in [0.2, 0.25) is 0 Å². The van der Waals surface area contributed by atoms with Crippen LogP contribution < -0.4 is 0 Å². The summed E-state index contributed by atoms with van der Waals surface area (Å²) in [6, 6.07) is 21.2. The quantitative estimate of drug-likeness (QED) is 0.499. The maximum atomic E-state index is 3.57. The lowest BCUT2D eigenvalue weighted by molar-refractivity contribution is 1.26. The van der Waals surface area contributed by atoms with Gasteiger partial charge in [0, 0.05) is 11.9 Å². The molecular formula is C19H17N. The second-order valence-electron chi connectivity index (χ2n) is 4.82. The fraction of sp³-hybridized carbons (Fsp3) is 0.0526. The Morgan fingerprint density at radius 1 is 0.800 bits per heavy atom. The van der Waals surface area contributed by atoms with E-state index in [1.165, 1.54) is 22.3 Å². The van der Waals surface area contributed by atoms with Crippen molar-refractivity contribution in [2.24, 2.45) is 0 Å². The minimum absolute atomic E-state index is 1.07. The molecule has 2 aromatic carbocycles. The second-order valence-corrected chi connectivity index (χ2v) is 4.82. The number of hydrogen-bond donors (Lipinski definition) is 1. The Labute approximate surface area is 119 Å². The van der Waals surface area contributed by atoms with Gasteiger partial charge in [0.25, 0.3) is 0 Å². The van der Waals surface area contributed by atoms with Crippen LogP contribution in [0.15, 0.2) is 73.4 Å². The van der Waals surface area contributed by atoms with Crippen LogP contribution in [-0.4, -0.2) is 4.98 Å². The molecule has 1 aliphatic rings. The van der Waals surface area contributed by atoms with Gasteiger partial charge in [0.05, 0.1) is 0 Å². The van der Waals surface area contributed by atoms with Crippen LogP contribution in [0, 0.1) is 0 Å². The van der Waals surface area contributed by atoms with E-state index in [4.69, 9.17) is 0 Å². The zero-order valence-corrected chi connectivity index (χ0v) is 11.3. The van der Waals surface area contributed by atoms with Gasteiger partial charge in [0.1, 0.15) is 0 Å². The normalized spacial score (nSPS) is 11.0. The summed E-state index contributed by atoms with van der Waals surface area (Å²) in [7, 11) is 0. The molecule has 0 bridgehead atoms. The summed E-state index contributed by atoms with van der Waals surface area (Å²) in [4.78, 5) is 2.97. The van der Waals surface area contributed by atoms with Crippen LogP contribution in [0.4, 0.5) is 0 Å². The minimum atomic E-state index is 1.07. The molecule has 1 heteroatoms. The van der Waals surface area contributed by atoms with Gasteiger partial charge < -0.3 is 4.98 Å². The first-order chi connectivity index (χ1) is 9.88.